The Kier molecular flexibility index (Phi) is 6.93. The minimum atomic E-state index is -1.06. The van der Waals surface area contributed by atoms with Crippen molar-refractivity contribution in [1.29, 1.82) is 0 Å². The van der Waals surface area contributed by atoms with Crippen LogP contribution in [0.2, 0.25) is 0 Å². The molecule has 0 saturated carbocycles. The minimum absolute atomic E-state index is 0.00860. The van der Waals surface area contributed by atoms with Crippen molar-refractivity contribution in [1.82, 2.24) is 10.4 Å². The maximum absolute atomic E-state index is 12.7. The largest absolute Gasteiger partial charge is 0.507 e. The molecule has 3 N–H and O–H groups in total. The molecule has 1 aliphatic heterocycles. The highest BCUT2D eigenvalue weighted by atomic mass is 32.2. The van der Waals surface area contributed by atoms with Crippen molar-refractivity contribution in [2.75, 3.05) is 0 Å². The summed E-state index contributed by atoms with van der Waals surface area (Å²) in [5, 5.41) is 19.9. The number of hydrogen-bond acceptors (Lipinski definition) is 7. The first-order chi connectivity index (χ1) is 14.8. The minimum Gasteiger partial charge on any atom is -0.507 e. The van der Waals surface area contributed by atoms with Gasteiger partial charge in [0, 0.05) is 0 Å². The van der Waals surface area contributed by atoms with Crippen LogP contribution in [0.5, 0.6) is 11.5 Å². The van der Waals surface area contributed by atoms with E-state index in [-0.39, 0.29) is 20.5 Å². The summed E-state index contributed by atoms with van der Waals surface area (Å²) >= 11 is 6.20. The van der Waals surface area contributed by atoms with E-state index in [4.69, 9.17) is 22.1 Å². The maximum atomic E-state index is 12.7. The van der Waals surface area contributed by atoms with Gasteiger partial charge in [0.2, 0.25) is 0 Å². The number of phenolic OH excluding ortho intramolecular Hbond substituents is 1. The van der Waals surface area contributed by atoms with Gasteiger partial charge in [-0.2, -0.15) is 5.01 Å². The number of ether oxygens (including phenoxy) is 1. The number of aromatic hydroxyl groups is 1. The number of carbonyl (C=O) groups is 3. The number of nitrogens with zero attached hydrogens (tertiary/aromatic N) is 1. The number of aliphatic carboxylic acids is 1. The number of thioether (sulfide) groups is 1. The van der Waals surface area contributed by atoms with Gasteiger partial charge >= 0.3 is 5.97 Å². The summed E-state index contributed by atoms with van der Waals surface area (Å²) in [4.78, 5) is 36.6. The van der Waals surface area contributed by atoms with Gasteiger partial charge in [-0.3, -0.25) is 15.0 Å². The Morgan fingerprint density at radius 1 is 1.26 bits per heavy atom. The van der Waals surface area contributed by atoms with E-state index in [1.54, 1.807) is 49.4 Å². The number of thiocarbonyl (C=S) groups is 1. The summed E-state index contributed by atoms with van der Waals surface area (Å²) in [7, 11) is 0. The Hall–Kier alpha value is -3.37. The van der Waals surface area contributed by atoms with Gasteiger partial charge in [0.15, 0.2) is 10.4 Å². The number of rotatable bonds is 7. The highest BCUT2D eigenvalue weighted by molar-refractivity contribution is 8.26. The lowest BCUT2D eigenvalue weighted by Crippen LogP contribution is -2.44. The molecule has 1 atom stereocenters. The topological polar surface area (TPSA) is 116 Å². The molecule has 1 unspecified atom stereocenters. The average Bonchev–Trinajstić information content (AvgIpc) is 2.99. The molecular weight excluding hydrogens is 440 g/mol. The molecule has 10 heteroatoms. The summed E-state index contributed by atoms with van der Waals surface area (Å²) < 4.78 is 5.60. The third-order valence-corrected chi connectivity index (χ3v) is 5.54. The van der Waals surface area contributed by atoms with Gasteiger partial charge in [0.05, 0.1) is 10.5 Å². The number of carbonyl (C=O) groups excluding carboxylic acids is 2. The molecule has 1 saturated heterocycles. The molecular formula is C21H18N2O6S2. The smallest absolute Gasteiger partial charge is 0.344 e. The number of hydrogen-bond donors (Lipinski definition) is 3. The molecule has 1 fully saturated rings. The van der Waals surface area contributed by atoms with Crippen molar-refractivity contribution in [2.24, 2.45) is 0 Å². The molecule has 2 aromatic rings. The molecule has 31 heavy (non-hydrogen) atoms. The van der Waals surface area contributed by atoms with Crippen LogP contribution in [-0.4, -0.2) is 43.4 Å². The lowest BCUT2D eigenvalue weighted by Gasteiger charge is -2.16. The van der Waals surface area contributed by atoms with E-state index >= 15 is 0 Å². The Morgan fingerprint density at radius 2 is 2.00 bits per heavy atom. The average molecular weight is 459 g/mol. The second-order valence-corrected chi connectivity index (χ2v) is 8.08. The van der Waals surface area contributed by atoms with Gasteiger partial charge in [-0.1, -0.05) is 43.0 Å². The molecule has 0 aromatic heterocycles. The quantitative estimate of drug-likeness (QED) is 0.428. The Morgan fingerprint density at radius 3 is 2.68 bits per heavy atom. The first-order valence-electron chi connectivity index (χ1n) is 9.16. The van der Waals surface area contributed by atoms with Gasteiger partial charge in [-0.05, 0) is 54.5 Å². The van der Waals surface area contributed by atoms with Crippen LogP contribution in [0, 0.1) is 0 Å². The summed E-state index contributed by atoms with van der Waals surface area (Å²) in [5.74, 6) is -2.13. The third-order valence-electron chi connectivity index (χ3n) is 4.24. The summed E-state index contributed by atoms with van der Waals surface area (Å²) in [6.45, 7) is 1.71. The highest BCUT2D eigenvalue weighted by Gasteiger charge is 2.34. The van der Waals surface area contributed by atoms with E-state index in [0.717, 1.165) is 16.8 Å². The second kappa shape index (κ2) is 9.63. The SMILES string of the molecule is CCC(Oc1cccc(/C=C2\SC(=S)N(NC(=O)c3ccccc3O)C2=O)c1)C(=O)O. The van der Waals surface area contributed by atoms with Gasteiger partial charge in [-0.15, -0.1) is 0 Å². The van der Waals surface area contributed by atoms with Gasteiger partial charge in [-0.25, -0.2) is 4.79 Å². The zero-order valence-electron chi connectivity index (χ0n) is 16.3. The molecule has 1 heterocycles. The van der Waals surface area contributed by atoms with Crippen LogP contribution >= 0.6 is 24.0 Å². The van der Waals surface area contributed by atoms with Crippen molar-refractivity contribution in [2.45, 2.75) is 19.4 Å². The highest BCUT2D eigenvalue weighted by Crippen LogP contribution is 2.32. The van der Waals surface area contributed by atoms with E-state index in [0.29, 0.717) is 17.7 Å². The van der Waals surface area contributed by atoms with E-state index in [1.165, 1.54) is 12.1 Å². The Labute approximate surface area is 187 Å². The molecule has 1 aliphatic rings. The molecule has 2 aromatic carbocycles. The fourth-order valence-electron chi connectivity index (χ4n) is 2.69. The summed E-state index contributed by atoms with van der Waals surface area (Å²) in [6.07, 6.45) is 0.896. The van der Waals surface area contributed by atoms with E-state index < -0.39 is 23.9 Å². The van der Waals surface area contributed by atoms with Crippen LogP contribution in [0.25, 0.3) is 6.08 Å². The number of hydrazine groups is 1. The molecule has 0 radical (unpaired) electrons. The molecule has 8 nitrogen and oxygen atoms in total. The number of carboxylic acid groups (broad SMARTS) is 1. The molecule has 0 bridgehead atoms. The van der Waals surface area contributed by atoms with Crippen molar-refractivity contribution in [3.8, 4) is 11.5 Å². The third kappa shape index (κ3) is 5.22. The van der Waals surface area contributed by atoms with Crippen molar-refractivity contribution in [3.63, 3.8) is 0 Å². The number of para-hydroxylation sites is 1. The molecule has 160 valence electrons. The van der Waals surface area contributed by atoms with Crippen LogP contribution in [0.15, 0.2) is 53.4 Å². The van der Waals surface area contributed by atoms with Crippen molar-refractivity contribution < 1.29 is 29.3 Å². The molecule has 3 rings (SSSR count). The molecule has 0 spiro atoms. The predicted octanol–water partition coefficient (Wildman–Crippen LogP) is 3.18. The molecule has 0 aliphatic carbocycles. The first-order valence-corrected chi connectivity index (χ1v) is 10.4. The number of phenols is 1. The van der Waals surface area contributed by atoms with Crippen LogP contribution < -0.4 is 10.2 Å². The van der Waals surface area contributed by atoms with Crippen molar-refractivity contribution >= 4 is 52.2 Å². The number of nitrogens with one attached hydrogen (secondary N) is 1. The van der Waals surface area contributed by atoms with Gasteiger partial charge in [0.1, 0.15) is 11.5 Å². The number of benzene rings is 2. The fourth-order valence-corrected chi connectivity index (χ4v) is 3.87. The first kappa shape index (κ1) is 22.3. The summed E-state index contributed by atoms with van der Waals surface area (Å²) in [5.41, 5.74) is 3.01. The van der Waals surface area contributed by atoms with E-state index in [2.05, 4.69) is 5.43 Å². The zero-order valence-corrected chi connectivity index (χ0v) is 17.9. The Bertz CT molecular complexity index is 1090. The van der Waals surface area contributed by atoms with Crippen LogP contribution in [0.4, 0.5) is 0 Å². The standard InChI is InChI=1S/C21H18N2O6S2/c1-2-16(20(27)28)29-13-7-5-6-12(10-13)11-17-19(26)23(21(30)31-17)22-18(25)14-8-3-4-9-15(14)24/h3-11,16,24H,2H2,1H3,(H,22,25)(H,27,28)/b17-11-. The normalized spacial score (nSPS) is 15.8. The van der Waals surface area contributed by atoms with Gasteiger partial charge < -0.3 is 14.9 Å². The van der Waals surface area contributed by atoms with Crippen LogP contribution in [0.3, 0.4) is 0 Å². The zero-order chi connectivity index (χ0) is 22.5. The van der Waals surface area contributed by atoms with Gasteiger partial charge in [0.25, 0.3) is 11.8 Å². The maximum Gasteiger partial charge on any atom is 0.344 e. The monoisotopic (exact) mass is 458 g/mol. The number of amides is 2. The van der Waals surface area contributed by atoms with Crippen molar-refractivity contribution in [3.05, 3.63) is 64.6 Å². The Balaban J connectivity index is 1.76. The molecule has 2 amide bonds. The lowest BCUT2D eigenvalue weighted by molar-refractivity contribution is -0.145. The predicted molar refractivity (Wildman–Crippen MR) is 119 cm³/mol. The van der Waals surface area contributed by atoms with Crippen LogP contribution in [-0.2, 0) is 9.59 Å². The summed E-state index contributed by atoms with van der Waals surface area (Å²) in [6, 6.07) is 12.6. The van der Waals surface area contributed by atoms with E-state index in [9.17, 15) is 19.5 Å². The fraction of sp³-hybridized carbons (Fsp3) is 0.143. The van der Waals surface area contributed by atoms with Crippen LogP contribution in [0.1, 0.15) is 29.3 Å². The second-order valence-electron chi connectivity index (χ2n) is 6.40. The lowest BCUT2D eigenvalue weighted by atomic mass is 10.2. The van der Waals surface area contributed by atoms with E-state index in [1.807, 2.05) is 0 Å². The number of carboxylic acids is 1.